The van der Waals surface area contributed by atoms with Crippen LogP contribution in [0.3, 0.4) is 0 Å². The van der Waals surface area contributed by atoms with Crippen molar-refractivity contribution in [2.75, 3.05) is 6.54 Å². The fraction of sp³-hybridized carbons (Fsp3) is 0.417. The van der Waals surface area contributed by atoms with Crippen LogP contribution in [0.25, 0.3) is 0 Å². The Kier molecular flexibility index (Phi) is 4.05. The van der Waals surface area contributed by atoms with Gasteiger partial charge in [-0.1, -0.05) is 31.5 Å². The molecule has 2 N–H and O–H groups in total. The van der Waals surface area contributed by atoms with Crippen LogP contribution in [0.15, 0.2) is 18.2 Å². The van der Waals surface area contributed by atoms with Crippen LogP contribution in [0.4, 0.5) is 4.39 Å². The van der Waals surface area contributed by atoms with Crippen LogP contribution in [0, 0.1) is 11.2 Å². The van der Waals surface area contributed by atoms with Gasteiger partial charge in [0.2, 0.25) is 0 Å². The van der Waals surface area contributed by atoms with Gasteiger partial charge >= 0.3 is 0 Å². The fourth-order valence-electron chi connectivity index (χ4n) is 1.19. The lowest BCUT2D eigenvalue weighted by atomic mass is 9.85. The Morgan fingerprint density at radius 2 is 2.12 bits per heavy atom. The molecule has 0 heterocycles. The molecule has 2 nitrogen and oxygen atoms in total. The molecule has 1 aromatic rings. The van der Waals surface area contributed by atoms with Gasteiger partial charge in [0.25, 0.3) is 0 Å². The molecule has 88 valence electrons. The van der Waals surface area contributed by atoms with Gasteiger partial charge in [0.1, 0.15) is 11.6 Å². The van der Waals surface area contributed by atoms with E-state index in [9.17, 15) is 9.18 Å². The van der Waals surface area contributed by atoms with Crippen molar-refractivity contribution in [1.82, 2.24) is 0 Å². The van der Waals surface area contributed by atoms with Gasteiger partial charge in [-0.15, -0.1) is 0 Å². The molecule has 0 spiro atoms. The lowest BCUT2D eigenvalue weighted by Gasteiger charge is -2.20. The summed E-state index contributed by atoms with van der Waals surface area (Å²) in [5.41, 5.74) is 5.57. The van der Waals surface area contributed by atoms with Crippen molar-refractivity contribution in [3.63, 3.8) is 0 Å². The summed E-state index contributed by atoms with van der Waals surface area (Å²) in [5, 5.41) is 0.279. The summed E-state index contributed by atoms with van der Waals surface area (Å²) in [6.45, 7) is 3.85. The van der Waals surface area contributed by atoms with Gasteiger partial charge in [-0.2, -0.15) is 0 Å². The van der Waals surface area contributed by atoms with E-state index < -0.39 is 11.2 Å². The molecule has 0 amide bonds. The molecular formula is C12H15ClFNO. The molecule has 0 unspecified atom stereocenters. The standard InChI is InChI=1S/C12H15ClFNO/c1-12(2,7-15)11(16)5-8-3-4-9(14)6-10(8)13/h3-4,6H,5,7,15H2,1-2H3. The third-order valence-electron chi connectivity index (χ3n) is 2.63. The molecule has 0 aliphatic rings. The zero-order valence-electron chi connectivity index (χ0n) is 9.39. The van der Waals surface area contributed by atoms with Gasteiger partial charge in [-0.3, -0.25) is 4.79 Å². The minimum Gasteiger partial charge on any atom is -0.329 e. The molecule has 16 heavy (non-hydrogen) atoms. The third kappa shape index (κ3) is 3.03. The number of ketones is 1. The van der Waals surface area contributed by atoms with E-state index >= 15 is 0 Å². The summed E-state index contributed by atoms with van der Waals surface area (Å²) in [6, 6.07) is 4.03. The van der Waals surface area contributed by atoms with Crippen LogP contribution in [0.5, 0.6) is 0 Å². The van der Waals surface area contributed by atoms with Crippen molar-refractivity contribution < 1.29 is 9.18 Å². The zero-order valence-corrected chi connectivity index (χ0v) is 10.1. The second kappa shape index (κ2) is 4.93. The minimum absolute atomic E-state index is 0.00325. The molecule has 0 bridgehead atoms. The van der Waals surface area contributed by atoms with Crippen LogP contribution in [0.1, 0.15) is 19.4 Å². The monoisotopic (exact) mass is 243 g/mol. The Balaban J connectivity index is 2.85. The van der Waals surface area contributed by atoms with Crippen LogP contribution in [0.2, 0.25) is 5.02 Å². The molecule has 0 saturated carbocycles. The van der Waals surface area contributed by atoms with Gasteiger partial charge in [0.15, 0.2) is 0 Å². The lowest BCUT2D eigenvalue weighted by molar-refractivity contribution is -0.125. The third-order valence-corrected chi connectivity index (χ3v) is 2.98. The average molecular weight is 244 g/mol. The molecule has 4 heteroatoms. The minimum atomic E-state index is -0.572. The maximum absolute atomic E-state index is 12.8. The first-order chi connectivity index (χ1) is 7.36. The van der Waals surface area contributed by atoms with Crippen molar-refractivity contribution >= 4 is 17.4 Å². The van der Waals surface area contributed by atoms with Gasteiger partial charge in [0.05, 0.1) is 0 Å². The first kappa shape index (κ1) is 13.1. The number of rotatable bonds is 4. The Morgan fingerprint density at radius 1 is 1.50 bits per heavy atom. The van der Waals surface area contributed by atoms with E-state index in [2.05, 4.69) is 0 Å². The highest BCUT2D eigenvalue weighted by Crippen LogP contribution is 2.22. The number of benzene rings is 1. The van der Waals surface area contributed by atoms with Crippen molar-refractivity contribution in [3.8, 4) is 0 Å². The number of halogens is 2. The molecule has 0 radical (unpaired) electrons. The molecular weight excluding hydrogens is 229 g/mol. The molecule has 0 aliphatic carbocycles. The first-order valence-corrected chi connectivity index (χ1v) is 5.42. The predicted octanol–water partition coefficient (Wildman–Crippen LogP) is 2.58. The number of Topliss-reactive ketones (excluding diaryl/α,β-unsaturated/α-hetero) is 1. The molecule has 0 fully saturated rings. The second-order valence-electron chi connectivity index (χ2n) is 4.42. The van der Waals surface area contributed by atoms with E-state index in [1.807, 2.05) is 0 Å². The Morgan fingerprint density at radius 3 is 2.62 bits per heavy atom. The van der Waals surface area contributed by atoms with E-state index in [4.69, 9.17) is 17.3 Å². The largest absolute Gasteiger partial charge is 0.329 e. The van der Waals surface area contributed by atoms with Crippen molar-refractivity contribution in [1.29, 1.82) is 0 Å². The van der Waals surface area contributed by atoms with Crippen molar-refractivity contribution in [2.24, 2.45) is 11.1 Å². The number of carbonyl (C=O) groups is 1. The smallest absolute Gasteiger partial charge is 0.144 e. The highest BCUT2D eigenvalue weighted by Gasteiger charge is 2.25. The summed E-state index contributed by atoms with van der Waals surface area (Å²) in [6.07, 6.45) is 0.184. The fourth-order valence-corrected chi connectivity index (χ4v) is 1.43. The van der Waals surface area contributed by atoms with Crippen LogP contribution in [-0.4, -0.2) is 12.3 Å². The Labute approximate surface area is 99.6 Å². The van der Waals surface area contributed by atoms with Gasteiger partial charge < -0.3 is 5.73 Å². The van der Waals surface area contributed by atoms with Crippen molar-refractivity contribution in [2.45, 2.75) is 20.3 Å². The summed E-state index contributed by atoms with van der Waals surface area (Å²) in [7, 11) is 0. The van der Waals surface area contributed by atoms with Crippen molar-refractivity contribution in [3.05, 3.63) is 34.6 Å². The topological polar surface area (TPSA) is 43.1 Å². The molecule has 1 rings (SSSR count). The Hall–Kier alpha value is -0.930. The van der Waals surface area contributed by atoms with E-state index in [0.717, 1.165) is 0 Å². The summed E-state index contributed by atoms with van der Waals surface area (Å²) < 4.78 is 12.8. The lowest BCUT2D eigenvalue weighted by Crippen LogP contribution is -2.33. The second-order valence-corrected chi connectivity index (χ2v) is 4.83. The molecule has 0 aromatic heterocycles. The highest BCUT2D eigenvalue weighted by molar-refractivity contribution is 6.31. The SMILES string of the molecule is CC(C)(CN)C(=O)Cc1ccc(F)cc1Cl. The van der Waals surface area contributed by atoms with Crippen LogP contribution >= 0.6 is 11.6 Å². The maximum Gasteiger partial charge on any atom is 0.144 e. The number of carbonyl (C=O) groups excluding carboxylic acids is 1. The van der Waals surface area contributed by atoms with E-state index in [1.165, 1.54) is 18.2 Å². The first-order valence-electron chi connectivity index (χ1n) is 5.04. The summed E-state index contributed by atoms with van der Waals surface area (Å²) in [5.74, 6) is -0.400. The van der Waals surface area contributed by atoms with E-state index in [1.54, 1.807) is 13.8 Å². The summed E-state index contributed by atoms with van der Waals surface area (Å²) >= 11 is 5.84. The molecule has 0 saturated heterocycles. The van der Waals surface area contributed by atoms with Gasteiger partial charge in [-0.05, 0) is 17.7 Å². The average Bonchev–Trinajstić information content (AvgIpc) is 2.22. The van der Waals surface area contributed by atoms with E-state index in [0.29, 0.717) is 5.56 Å². The van der Waals surface area contributed by atoms with E-state index in [-0.39, 0.29) is 23.8 Å². The quantitative estimate of drug-likeness (QED) is 0.883. The van der Waals surface area contributed by atoms with Crippen LogP contribution < -0.4 is 5.73 Å². The van der Waals surface area contributed by atoms with Gasteiger partial charge in [-0.25, -0.2) is 4.39 Å². The summed E-state index contributed by atoms with van der Waals surface area (Å²) in [4.78, 5) is 11.9. The molecule has 0 aliphatic heterocycles. The van der Waals surface area contributed by atoms with Gasteiger partial charge in [0, 0.05) is 23.4 Å². The van der Waals surface area contributed by atoms with Crippen LogP contribution in [-0.2, 0) is 11.2 Å². The Bertz CT molecular complexity index is 404. The number of hydrogen-bond acceptors (Lipinski definition) is 2. The maximum atomic E-state index is 12.8. The predicted molar refractivity (Wildman–Crippen MR) is 63.0 cm³/mol. The molecule has 0 atom stereocenters. The highest BCUT2D eigenvalue weighted by atomic mass is 35.5. The number of hydrogen-bond donors (Lipinski definition) is 1. The molecule has 1 aromatic carbocycles. The zero-order chi connectivity index (χ0) is 12.3. The normalized spacial score (nSPS) is 11.6. The number of nitrogens with two attached hydrogens (primary N) is 1.